The third-order valence-corrected chi connectivity index (χ3v) is 6.88. The summed E-state index contributed by atoms with van der Waals surface area (Å²) in [6.07, 6.45) is -0.843. The number of aromatic nitrogens is 3. The van der Waals surface area contributed by atoms with Crippen LogP contribution in [-0.4, -0.2) is 66.9 Å². The molecule has 0 N–H and O–H groups in total. The van der Waals surface area contributed by atoms with Crippen molar-refractivity contribution in [2.24, 2.45) is 0 Å². The summed E-state index contributed by atoms with van der Waals surface area (Å²) in [4.78, 5) is 21.8. The van der Waals surface area contributed by atoms with E-state index in [0.29, 0.717) is 43.0 Å². The maximum absolute atomic E-state index is 15.5. The summed E-state index contributed by atoms with van der Waals surface area (Å²) in [7, 11) is 3.50. The zero-order valence-corrected chi connectivity index (χ0v) is 22.9. The molecule has 3 heterocycles. The Morgan fingerprint density at radius 2 is 1.74 bits per heavy atom. The van der Waals surface area contributed by atoms with Crippen LogP contribution >= 0.6 is 0 Å². The quantitative estimate of drug-likeness (QED) is 0.189. The van der Waals surface area contributed by atoms with Crippen molar-refractivity contribution < 1.29 is 31.5 Å². The van der Waals surface area contributed by atoms with Crippen LogP contribution in [0.4, 0.5) is 28.9 Å². The smallest absolute Gasteiger partial charge is 0.314 e. The zero-order chi connectivity index (χ0) is 29.8. The third-order valence-electron chi connectivity index (χ3n) is 6.88. The van der Waals surface area contributed by atoms with Crippen LogP contribution in [0, 0.1) is 11.6 Å². The Hall–Kier alpha value is -4.36. The molecule has 1 aliphatic heterocycles. The Bertz CT molecular complexity index is 1540. The molecule has 0 bridgehead atoms. The van der Waals surface area contributed by atoms with Crippen LogP contribution in [0.25, 0.3) is 22.6 Å². The fraction of sp³-hybridized carbons (Fsp3) is 0.310. The van der Waals surface area contributed by atoms with Gasteiger partial charge in [-0.05, 0) is 24.3 Å². The first-order chi connectivity index (χ1) is 20.2. The van der Waals surface area contributed by atoms with Gasteiger partial charge in [0.15, 0.2) is 0 Å². The SMILES string of the molecule is CN(C)c1cc(-c2ccc(CN3CCOCC3)nc2)c(F)cc1N(C=O)Cc1ccc(-c2nnc(C(F)F)o2)cc1F. The molecular formula is C29H28F4N6O3. The first-order valence-corrected chi connectivity index (χ1v) is 13.1. The summed E-state index contributed by atoms with van der Waals surface area (Å²) in [5.74, 6) is -2.45. The second-order valence-electron chi connectivity index (χ2n) is 9.93. The highest BCUT2D eigenvalue weighted by atomic mass is 19.3. The van der Waals surface area contributed by atoms with E-state index in [1.165, 1.54) is 23.1 Å². The fourth-order valence-corrected chi connectivity index (χ4v) is 4.64. The van der Waals surface area contributed by atoms with Crippen LogP contribution in [-0.2, 0) is 22.6 Å². The van der Waals surface area contributed by atoms with Crippen molar-refractivity contribution in [1.29, 1.82) is 0 Å². The Balaban J connectivity index is 1.38. The number of morpholine rings is 1. The van der Waals surface area contributed by atoms with Crippen molar-refractivity contribution in [2.75, 3.05) is 50.2 Å². The number of carbonyl (C=O) groups excluding carboxylic acids is 1. The van der Waals surface area contributed by atoms with Crippen molar-refractivity contribution in [3.63, 3.8) is 0 Å². The van der Waals surface area contributed by atoms with Crippen LogP contribution in [0.1, 0.15) is 23.6 Å². The topological polar surface area (TPSA) is 87.8 Å². The summed E-state index contributed by atoms with van der Waals surface area (Å²) >= 11 is 0. The van der Waals surface area contributed by atoms with E-state index in [-0.39, 0.29) is 29.2 Å². The molecule has 9 nitrogen and oxygen atoms in total. The minimum Gasteiger partial charge on any atom is -0.415 e. The van der Waals surface area contributed by atoms with Gasteiger partial charge >= 0.3 is 6.43 Å². The van der Waals surface area contributed by atoms with E-state index in [1.807, 2.05) is 12.1 Å². The molecule has 0 atom stereocenters. The van der Waals surface area contributed by atoms with Gasteiger partial charge in [0.1, 0.15) is 11.6 Å². The van der Waals surface area contributed by atoms with Gasteiger partial charge in [-0.2, -0.15) is 8.78 Å². The first kappa shape index (κ1) is 29.1. The first-order valence-electron chi connectivity index (χ1n) is 13.1. The van der Waals surface area contributed by atoms with Gasteiger partial charge in [-0.3, -0.25) is 14.7 Å². The summed E-state index contributed by atoms with van der Waals surface area (Å²) < 4.78 is 66.3. The number of hydrogen-bond acceptors (Lipinski definition) is 8. The highest BCUT2D eigenvalue weighted by Crippen LogP contribution is 2.36. The molecule has 4 aromatic rings. The number of amides is 1. The lowest BCUT2D eigenvalue weighted by molar-refractivity contribution is -0.107. The monoisotopic (exact) mass is 584 g/mol. The second kappa shape index (κ2) is 12.7. The van der Waals surface area contributed by atoms with Crippen LogP contribution in [0.5, 0.6) is 0 Å². The summed E-state index contributed by atoms with van der Waals surface area (Å²) in [6.45, 7) is 3.47. The van der Waals surface area contributed by atoms with E-state index in [4.69, 9.17) is 9.15 Å². The van der Waals surface area contributed by atoms with E-state index >= 15 is 8.78 Å². The summed E-state index contributed by atoms with van der Waals surface area (Å²) in [5, 5.41) is 6.76. The van der Waals surface area contributed by atoms with Crippen molar-refractivity contribution in [2.45, 2.75) is 19.5 Å². The number of alkyl halides is 2. The van der Waals surface area contributed by atoms with Crippen molar-refractivity contribution in [3.8, 4) is 22.6 Å². The number of pyridine rings is 1. The maximum Gasteiger partial charge on any atom is 0.314 e. The average Bonchev–Trinajstić information content (AvgIpc) is 3.48. The van der Waals surface area contributed by atoms with Crippen LogP contribution in [0.15, 0.2) is 53.1 Å². The molecule has 42 heavy (non-hydrogen) atoms. The lowest BCUT2D eigenvalue weighted by Gasteiger charge is -2.26. The molecule has 2 aromatic heterocycles. The molecule has 13 heteroatoms. The van der Waals surface area contributed by atoms with Crippen LogP contribution in [0.2, 0.25) is 0 Å². The van der Waals surface area contributed by atoms with Gasteiger partial charge in [-0.25, -0.2) is 8.78 Å². The normalized spacial score (nSPS) is 13.9. The number of anilines is 2. The average molecular weight is 585 g/mol. The molecule has 1 aliphatic rings. The Morgan fingerprint density at radius 1 is 0.976 bits per heavy atom. The Morgan fingerprint density at radius 3 is 2.36 bits per heavy atom. The van der Waals surface area contributed by atoms with Crippen LogP contribution in [0.3, 0.4) is 0 Å². The predicted molar refractivity (Wildman–Crippen MR) is 147 cm³/mol. The standard InChI is InChI=1S/C29H28F4N6O3/c1-37(2)25-12-22(19-5-6-21(34-14-19)16-38-7-9-41-10-8-38)24(31)13-26(25)39(17-40)15-20-4-3-18(11-23(20)30)28-35-36-29(42-28)27(32)33/h3-6,11-14,17,27H,7-10,15-16H2,1-2H3. The number of benzene rings is 2. The van der Waals surface area contributed by atoms with E-state index < -0.39 is 24.0 Å². The van der Waals surface area contributed by atoms with Crippen LogP contribution < -0.4 is 9.80 Å². The molecule has 0 spiro atoms. The maximum atomic E-state index is 15.5. The van der Waals surface area contributed by atoms with Crippen molar-refractivity contribution in [3.05, 3.63) is 77.4 Å². The number of halogens is 4. The number of rotatable bonds is 10. The number of ether oxygens (including phenoxy) is 1. The molecule has 0 unspecified atom stereocenters. The lowest BCUT2D eigenvalue weighted by Crippen LogP contribution is -2.35. The van der Waals surface area contributed by atoms with Crippen molar-refractivity contribution in [1.82, 2.24) is 20.1 Å². The number of nitrogens with zero attached hydrogens (tertiary/aromatic N) is 6. The minimum atomic E-state index is -2.95. The van der Waals surface area contributed by atoms with Gasteiger partial charge in [0.25, 0.3) is 5.89 Å². The Labute approximate surface area is 239 Å². The van der Waals surface area contributed by atoms with E-state index in [1.54, 1.807) is 31.3 Å². The number of hydrogen-bond donors (Lipinski definition) is 0. The molecule has 2 aromatic carbocycles. The van der Waals surface area contributed by atoms with E-state index in [9.17, 15) is 13.6 Å². The second-order valence-corrected chi connectivity index (χ2v) is 9.93. The minimum absolute atomic E-state index is 0.0993. The summed E-state index contributed by atoms with van der Waals surface area (Å²) in [6, 6.07) is 10.4. The molecule has 0 aliphatic carbocycles. The predicted octanol–water partition coefficient (Wildman–Crippen LogP) is 5.08. The van der Waals surface area contributed by atoms with Gasteiger partial charge in [-0.1, -0.05) is 12.1 Å². The lowest BCUT2D eigenvalue weighted by atomic mass is 10.0. The van der Waals surface area contributed by atoms with Gasteiger partial charge in [-0.15, -0.1) is 10.2 Å². The highest BCUT2D eigenvalue weighted by molar-refractivity contribution is 5.87. The Kier molecular flexibility index (Phi) is 8.78. The summed E-state index contributed by atoms with van der Waals surface area (Å²) in [5.41, 5.74) is 2.70. The van der Waals surface area contributed by atoms with E-state index in [0.717, 1.165) is 24.8 Å². The zero-order valence-electron chi connectivity index (χ0n) is 22.9. The molecule has 0 saturated carbocycles. The highest BCUT2D eigenvalue weighted by Gasteiger charge is 2.21. The van der Waals surface area contributed by atoms with Gasteiger partial charge < -0.3 is 19.0 Å². The van der Waals surface area contributed by atoms with Gasteiger partial charge in [0.2, 0.25) is 12.3 Å². The van der Waals surface area contributed by atoms with E-state index in [2.05, 4.69) is 20.1 Å². The molecule has 220 valence electrons. The molecule has 1 amide bonds. The fourth-order valence-electron chi connectivity index (χ4n) is 4.64. The largest absolute Gasteiger partial charge is 0.415 e. The van der Waals surface area contributed by atoms with Crippen molar-refractivity contribution >= 4 is 17.8 Å². The molecule has 0 radical (unpaired) electrons. The molecule has 1 saturated heterocycles. The van der Waals surface area contributed by atoms with Gasteiger partial charge in [0.05, 0.1) is 36.8 Å². The molecule has 1 fully saturated rings. The molecule has 5 rings (SSSR count). The van der Waals surface area contributed by atoms with Gasteiger partial charge in [0, 0.05) is 68.2 Å². The number of carbonyl (C=O) groups is 1. The third kappa shape index (κ3) is 6.42. The molecular weight excluding hydrogens is 556 g/mol.